The summed E-state index contributed by atoms with van der Waals surface area (Å²) in [7, 11) is 0. The van der Waals surface area contributed by atoms with E-state index in [1.807, 2.05) is 0 Å². The van der Waals surface area contributed by atoms with Crippen LogP contribution in [0.15, 0.2) is 22.7 Å². The second-order valence-electron chi connectivity index (χ2n) is 3.76. The molecule has 0 saturated carbocycles. The number of primary amides is 1. The minimum Gasteiger partial charge on any atom is -0.507 e. The van der Waals surface area contributed by atoms with Crippen molar-refractivity contribution in [3.63, 3.8) is 0 Å². The van der Waals surface area contributed by atoms with E-state index in [9.17, 15) is 4.79 Å². The van der Waals surface area contributed by atoms with Crippen LogP contribution < -0.4 is 5.73 Å². The van der Waals surface area contributed by atoms with Gasteiger partial charge in [-0.3, -0.25) is 4.79 Å². The van der Waals surface area contributed by atoms with Crippen LogP contribution in [0.4, 0.5) is 0 Å². The van der Waals surface area contributed by atoms with Crippen LogP contribution in [-0.4, -0.2) is 11.0 Å². The van der Waals surface area contributed by atoms with Crippen LogP contribution in [0.5, 0.6) is 5.75 Å². The number of phenols is 1. The lowest BCUT2D eigenvalue weighted by molar-refractivity contribution is 0.0997. The molecule has 0 aliphatic heterocycles. The highest BCUT2D eigenvalue weighted by molar-refractivity contribution is 9.10. The van der Waals surface area contributed by atoms with Gasteiger partial charge in [0.05, 0.1) is 5.56 Å². The van der Waals surface area contributed by atoms with Gasteiger partial charge in [-0.05, 0) is 24.1 Å². The van der Waals surface area contributed by atoms with Gasteiger partial charge < -0.3 is 10.8 Å². The third kappa shape index (κ3) is 6.12. The largest absolute Gasteiger partial charge is 0.507 e. The lowest BCUT2D eigenvalue weighted by atomic mass is 10.2. The molecule has 1 aromatic rings. The van der Waals surface area contributed by atoms with Gasteiger partial charge >= 0.3 is 0 Å². The van der Waals surface area contributed by atoms with E-state index in [2.05, 4.69) is 36.7 Å². The van der Waals surface area contributed by atoms with Crippen molar-refractivity contribution < 1.29 is 9.90 Å². The normalized spacial score (nSPS) is 9.40. The van der Waals surface area contributed by atoms with Gasteiger partial charge in [0.1, 0.15) is 5.75 Å². The molecule has 15 heavy (non-hydrogen) atoms. The fraction of sp³-hybridized carbons (Fsp3) is 0.364. The molecule has 0 saturated heterocycles. The highest BCUT2D eigenvalue weighted by Gasteiger charge is 2.06. The molecule has 84 valence electrons. The molecule has 0 fully saturated rings. The van der Waals surface area contributed by atoms with Gasteiger partial charge in [-0.1, -0.05) is 36.7 Å². The van der Waals surface area contributed by atoms with Gasteiger partial charge in [-0.25, -0.2) is 0 Å². The maximum absolute atomic E-state index is 10.6. The summed E-state index contributed by atoms with van der Waals surface area (Å²) in [4.78, 5) is 10.6. The second kappa shape index (κ2) is 6.45. The average molecular weight is 274 g/mol. The Labute approximate surface area is 98.4 Å². The number of halogens is 1. The summed E-state index contributed by atoms with van der Waals surface area (Å²) in [6, 6.07) is 4.50. The zero-order valence-corrected chi connectivity index (χ0v) is 10.7. The quantitative estimate of drug-likeness (QED) is 0.827. The van der Waals surface area contributed by atoms with Gasteiger partial charge in [0.25, 0.3) is 5.91 Å². The first-order chi connectivity index (χ1) is 6.84. The van der Waals surface area contributed by atoms with E-state index in [1.54, 1.807) is 6.07 Å². The number of amides is 1. The molecule has 0 bridgehead atoms. The zero-order valence-electron chi connectivity index (χ0n) is 9.12. The van der Waals surface area contributed by atoms with E-state index >= 15 is 0 Å². The molecule has 3 nitrogen and oxygen atoms in total. The van der Waals surface area contributed by atoms with Crippen LogP contribution in [0.3, 0.4) is 0 Å². The van der Waals surface area contributed by atoms with Gasteiger partial charge in [-0.2, -0.15) is 0 Å². The highest BCUT2D eigenvalue weighted by atomic mass is 79.9. The van der Waals surface area contributed by atoms with Crippen molar-refractivity contribution >= 4 is 21.8 Å². The minimum atomic E-state index is -0.635. The maximum Gasteiger partial charge on any atom is 0.252 e. The number of carbonyl (C=O) groups is 1. The van der Waals surface area contributed by atoms with Crippen molar-refractivity contribution in [1.29, 1.82) is 0 Å². The molecule has 0 spiro atoms. The first-order valence-electron chi connectivity index (χ1n) is 4.63. The van der Waals surface area contributed by atoms with Gasteiger partial charge in [-0.15, -0.1) is 0 Å². The van der Waals surface area contributed by atoms with Crippen LogP contribution in [0, 0.1) is 5.92 Å². The van der Waals surface area contributed by atoms with Crippen molar-refractivity contribution in [3.05, 3.63) is 28.2 Å². The Morgan fingerprint density at radius 1 is 1.40 bits per heavy atom. The van der Waals surface area contributed by atoms with E-state index in [1.165, 1.54) is 12.1 Å². The van der Waals surface area contributed by atoms with E-state index in [-0.39, 0.29) is 11.3 Å². The van der Waals surface area contributed by atoms with Crippen LogP contribution in [0.1, 0.15) is 31.1 Å². The number of hydrogen-bond donors (Lipinski definition) is 2. The molecule has 4 heteroatoms. The topological polar surface area (TPSA) is 63.3 Å². The number of nitrogens with two attached hydrogens (primary N) is 1. The van der Waals surface area contributed by atoms with Crippen LogP contribution >= 0.6 is 15.9 Å². The number of aromatic hydroxyl groups is 1. The number of carbonyl (C=O) groups excluding carboxylic acids is 1. The van der Waals surface area contributed by atoms with Crippen LogP contribution in [0.2, 0.25) is 0 Å². The average Bonchev–Trinajstić information content (AvgIpc) is 2.08. The van der Waals surface area contributed by atoms with Crippen LogP contribution in [0.25, 0.3) is 0 Å². The summed E-state index contributed by atoms with van der Waals surface area (Å²) < 4.78 is 0.712. The standard InChI is InChI=1S/C7H6BrNO2.C4H10/c8-4-1-2-6(10)5(3-4)7(9)11;1-4(2)3/h1-3,10H,(H2,9,11);4H,1-3H3. The van der Waals surface area contributed by atoms with Crippen molar-refractivity contribution in [2.75, 3.05) is 0 Å². The monoisotopic (exact) mass is 273 g/mol. The van der Waals surface area contributed by atoms with Crippen molar-refractivity contribution in [3.8, 4) is 5.75 Å². The molecule has 1 rings (SSSR count). The predicted octanol–water partition coefficient (Wildman–Crippen LogP) is 2.92. The highest BCUT2D eigenvalue weighted by Crippen LogP contribution is 2.20. The van der Waals surface area contributed by atoms with Gasteiger partial charge in [0.2, 0.25) is 0 Å². The number of benzene rings is 1. The maximum atomic E-state index is 10.6. The van der Waals surface area contributed by atoms with Crippen molar-refractivity contribution in [2.45, 2.75) is 20.8 Å². The van der Waals surface area contributed by atoms with Crippen LogP contribution in [-0.2, 0) is 0 Å². The summed E-state index contributed by atoms with van der Waals surface area (Å²) in [6.07, 6.45) is 0. The lowest BCUT2D eigenvalue weighted by Gasteiger charge is -1.98. The molecular formula is C11H16BrNO2. The molecule has 0 atom stereocenters. The van der Waals surface area contributed by atoms with Gasteiger partial charge in [0.15, 0.2) is 0 Å². The van der Waals surface area contributed by atoms with E-state index in [0.29, 0.717) is 4.47 Å². The Morgan fingerprint density at radius 2 is 1.87 bits per heavy atom. The molecule has 1 aromatic carbocycles. The van der Waals surface area contributed by atoms with E-state index in [4.69, 9.17) is 10.8 Å². The summed E-state index contributed by atoms with van der Waals surface area (Å²) in [5, 5.41) is 9.08. The first-order valence-corrected chi connectivity index (χ1v) is 5.42. The Hall–Kier alpha value is -1.03. The summed E-state index contributed by atoms with van der Waals surface area (Å²) in [5.74, 6) is 0.101. The Morgan fingerprint density at radius 3 is 2.20 bits per heavy atom. The van der Waals surface area contributed by atoms with E-state index < -0.39 is 5.91 Å². The van der Waals surface area contributed by atoms with Crippen molar-refractivity contribution in [1.82, 2.24) is 0 Å². The SMILES string of the molecule is CC(C)C.NC(=O)c1cc(Br)ccc1O. The third-order valence-corrected chi connectivity index (χ3v) is 1.72. The molecule has 1 amide bonds. The Kier molecular flexibility index (Phi) is 6.01. The summed E-state index contributed by atoms with van der Waals surface area (Å²) >= 11 is 3.15. The third-order valence-electron chi connectivity index (χ3n) is 1.22. The molecule has 0 aliphatic rings. The van der Waals surface area contributed by atoms with Gasteiger partial charge in [0, 0.05) is 4.47 Å². The Bertz CT molecular complexity index is 335. The summed E-state index contributed by atoms with van der Waals surface area (Å²) in [5.41, 5.74) is 5.09. The molecule has 0 heterocycles. The second-order valence-corrected chi connectivity index (χ2v) is 4.67. The lowest BCUT2D eigenvalue weighted by Crippen LogP contribution is -2.10. The molecule has 3 N–H and O–H groups in total. The summed E-state index contributed by atoms with van der Waals surface area (Å²) in [6.45, 7) is 6.50. The zero-order chi connectivity index (χ0) is 12.0. The minimum absolute atomic E-state index is 0.0966. The number of hydrogen-bond acceptors (Lipinski definition) is 2. The smallest absolute Gasteiger partial charge is 0.252 e. The fourth-order valence-corrected chi connectivity index (χ4v) is 1.07. The Balaban J connectivity index is 0.000000423. The molecule has 0 unspecified atom stereocenters. The number of rotatable bonds is 1. The fourth-order valence-electron chi connectivity index (χ4n) is 0.706. The molecule has 0 aromatic heterocycles. The molecule has 0 radical (unpaired) electrons. The predicted molar refractivity (Wildman–Crippen MR) is 64.8 cm³/mol. The van der Waals surface area contributed by atoms with Crippen molar-refractivity contribution in [2.24, 2.45) is 11.7 Å². The molecule has 0 aliphatic carbocycles. The molecular weight excluding hydrogens is 258 g/mol. The van der Waals surface area contributed by atoms with E-state index in [0.717, 1.165) is 5.92 Å². The first kappa shape index (κ1) is 14.0.